The molecule has 1 aliphatic rings. The Morgan fingerprint density at radius 2 is 1.70 bits per heavy atom. The number of hydrogen-bond donors (Lipinski definition) is 1. The first-order valence-corrected chi connectivity index (χ1v) is 11.6. The molecule has 0 atom stereocenters. The Kier molecular flexibility index (Phi) is 6.38. The van der Waals surface area contributed by atoms with Gasteiger partial charge in [0.2, 0.25) is 0 Å². The van der Waals surface area contributed by atoms with Gasteiger partial charge in [-0.25, -0.2) is 4.79 Å². The molecule has 1 N–H and O–H groups in total. The number of alkyl halides is 3. The van der Waals surface area contributed by atoms with Crippen molar-refractivity contribution in [1.29, 1.82) is 0 Å². The van der Waals surface area contributed by atoms with Gasteiger partial charge in [-0.1, -0.05) is 29.8 Å². The van der Waals surface area contributed by atoms with E-state index in [2.05, 4.69) is 5.10 Å². The number of rotatable bonds is 4. The number of carboxylic acid groups (broad SMARTS) is 1. The molecular weight excluding hydrogens is 511 g/mol. The van der Waals surface area contributed by atoms with Gasteiger partial charge < -0.3 is 14.7 Å². The third kappa shape index (κ3) is 4.65. The van der Waals surface area contributed by atoms with Crippen LogP contribution < -0.4 is 4.90 Å². The van der Waals surface area contributed by atoms with E-state index >= 15 is 0 Å². The average Bonchev–Trinajstić information content (AvgIpc) is 3.27. The first-order valence-electron chi connectivity index (χ1n) is 11.2. The minimum Gasteiger partial charge on any atom is -0.478 e. The zero-order valence-electron chi connectivity index (χ0n) is 19.1. The van der Waals surface area contributed by atoms with Crippen LogP contribution in [-0.4, -0.2) is 53.1 Å². The van der Waals surface area contributed by atoms with Gasteiger partial charge >= 0.3 is 12.1 Å². The lowest BCUT2D eigenvalue weighted by atomic mass is 10.0. The number of halogens is 4. The highest BCUT2D eigenvalue weighted by molar-refractivity contribution is 6.34. The van der Waals surface area contributed by atoms with Crippen LogP contribution in [0.25, 0.3) is 22.2 Å². The fourth-order valence-corrected chi connectivity index (χ4v) is 4.60. The van der Waals surface area contributed by atoms with Crippen LogP contribution in [0.5, 0.6) is 0 Å². The maximum absolute atomic E-state index is 13.8. The summed E-state index contributed by atoms with van der Waals surface area (Å²) < 4.78 is 47.7. The van der Waals surface area contributed by atoms with Crippen molar-refractivity contribution in [3.05, 3.63) is 82.4 Å². The highest BCUT2D eigenvalue weighted by atomic mass is 35.5. The molecule has 4 aromatic rings. The van der Waals surface area contributed by atoms with Crippen molar-refractivity contribution in [2.45, 2.75) is 6.18 Å². The summed E-state index contributed by atoms with van der Waals surface area (Å²) in [4.78, 5) is 26.9. The number of morpholine rings is 1. The van der Waals surface area contributed by atoms with E-state index in [1.54, 1.807) is 12.1 Å². The maximum Gasteiger partial charge on any atom is 0.417 e. The Hall–Kier alpha value is -3.89. The molecular formula is C26H19ClF3N3O4. The van der Waals surface area contributed by atoms with Crippen LogP contribution in [-0.2, 0) is 10.9 Å². The largest absolute Gasteiger partial charge is 0.478 e. The number of hydrogen-bond acceptors (Lipinski definition) is 5. The van der Waals surface area contributed by atoms with Crippen LogP contribution >= 0.6 is 11.6 Å². The van der Waals surface area contributed by atoms with E-state index in [4.69, 9.17) is 16.3 Å². The molecule has 7 nitrogen and oxygen atoms in total. The van der Waals surface area contributed by atoms with Gasteiger partial charge in [0.05, 0.1) is 40.4 Å². The van der Waals surface area contributed by atoms with Gasteiger partial charge in [0, 0.05) is 29.7 Å². The van der Waals surface area contributed by atoms with E-state index in [9.17, 15) is 27.9 Å². The predicted octanol–water partition coefficient (Wildman–Crippen LogP) is 5.60. The lowest BCUT2D eigenvalue weighted by Gasteiger charge is -2.28. The number of benzene rings is 3. The molecule has 0 radical (unpaired) electrons. The third-order valence-corrected chi connectivity index (χ3v) is 6.49. The molecule has 1 aliphatic heterocycles. The molecule has 0 aliphatic carbocycles. The molecule has 0 amide bonds. The van der Waals surface area contributed by atoms with Gasteiger partial charge in [0.15, 0.2) is 0 Å². The predicted molar refractivity (Wildman–Crippen MR) is 131 cm³/mol. The fourth-order valence-electron chi connectivity index (χ4n) is 4.34. The Morgan fingerprint density at radius 1 is 1.00 bits per heavy atom. The highest BCUT2D eigenvalue weighted by Crippen LogP contribution is 2.37. The van der Waals surface area contributed by atoms with Crippen molar-refractivity contribution >= 4 is 40.1 Å². The number of carbonyl (C=O) groups is 2. The number of nitrogens with zero attached hydrogens (tertiary/aromatic N) is 3. The quantitative estimate of drug-likeness (QED) is 0.370. The van der Waals surface area contributed by atoms with Crippen molar-refractivity contribution in [2.24, 2.45) is 0 Å². The van der Waals surface area contributed by atoms with Crippen LogP contribution in [0.3, 0.4) is 0 Å². The van der Waals surface area contributed by atoms with Gasteiger partial charge in [-0.3, -0.25) is 4.79 Å². The van der Waals surface area contributed by atoms with Crippen molar-refractivity contribution in [3.63, 3.8) is 0 Å². The maximum atomic E-state index is 13.8. The topological polar surface area (TPSA) is 84.7 Å². The Balaban J connectivity index is 1.71. The molecule has 2 heterocycles. The summed E-state index contributed by atoms with van der Waals surface area (Å²) in [6, 6.07) is 14.3. The zero-order valence-corrected chi connectivity index (χ0v) is 19.9. The van der Waals surface area contributed by atoms with Crippen molar-refractivity contribution in [2.75, 3.05) is 31.2 Å². The molecule has 11 heteroatoms. The molecule has 190 valence electrons. The summed E-state index contributed by atoms with van der Waals surface area (Å²) >= 11 is 6.12. The summed E-state index contributed by atoms with van der Waals surface area (Å²) in [6.07, 6.45) is -4.81. The third-order valence-electron chi connectivity index (χ3n) is 6.17. The van der Waals surface area contributed by atoms with Crippen LogP contribution in [0, 0.1) is 0 Å². The molecule has 1 fully saturated rings. The number of fused-ring (bicyclic) bond motifs is 1. The molecule has 37 heavy (non-hydrogen) atoms. The van der Waals surface area contributed by atoms with Gasteiger partial charge in [0.1, 0.15) is 5.69 Å². The molecule has 0 bridgehead atoms. The number of anilines is 1. The van der Waals surface area contributed by atoms with Crippen LogP contribution in [0.4, 0.5) is 18.9 Å². The van der Waals surface area contributed by atoms with Crippen molar-refractivity contribution in [1.82, 2.24) is 9.78 Å². The first-order chi connectivity index (χ1) is 17.6. The summed E-state index contributed by atoms with van der Waals surface area (Å²) in [7, 11) is 0. The van der Waals surface area contributed by atoms with E-state index in [0.29, 0.717) is 48.5 Å². The first kappa shape index (κ1) is 24.8. The van der Waals surface area contributed by atoms with Gasteiger partial charge in [0.25, 0.3) is 5.91 Å². The number of aromatic nitrogens is 2. The molecule has 3 aromatic carbocycles. The number of aromatic carboxylic acids is 1. The van der Waals surface area contributed by atoms with E-state index in [0.717, 1.165) is 22.5 Å². The van der Waals surface area contributed by atoms with E-state index in [1.807, 2.05) is 11.0 Å². The van der Waals surface area contributed by atoms with Crippen molar-refractivity contribution in [3.8, 4) is 11.3 Å². The summed E-state index contributed by atoms with van der Waals surface area (Å²) in [5.41, 5.74) is 0.0531. The fraction of sp³-hybridized carbons (Fsp3) is 0.192. The second kappa shape index (κ2) is 9.53. The standard InChI is InChI=1S/C26H19ClF3N3O4/c27-20-3-1-2-19(26(28,29)30)22(20)24(34)33-21-14-17(32-10-12-37-13-11-32)8-9-18(21)23(31-33)15-4-6-16(7-5-15)25(35)36/h1-9,14H,10-13H2,(H,35,36). The molecule has 5 rings (SSSR count). The Morgan fingerprint density at radius 3 is 2.35 bits per heavy atom. The van der Waals surface area contributed by atoms with Gasteiger partial charge in [-0.15, -0.1) is 0 Å². The van der Waals surface area contributed by atoms with Crippen LogP contribution in [0.1, 0.15) is 26.3 Å². The van der Waals surface area contributed by atoms with Gasteiger partial charge in [-0.2, -0.15) is 23.0 Å². The minimum atomic E-state index is -4.81. The minimum absolute atomic E-state index is 0.0593. The van der Waals surface area contributed by atoms with E-state index in [1.165, 1.54) is 30.3 Å². The van der Waals surface area contributed by atoms with Crippen LogP contribution in [0.2, 0.25) is 5.02 Å². The average molecular weight is 530 g/mol. The lowest BCUT2D eigenvalue weighted by Crippen LogP contribution is -2.36. The summed E-state index contributed by atoms with van der Waals surface area (Å²) in [6.45, 7) is 2.26. The number of carboxylic acids is 1. The summed E-state index contributed by atoms with van der Waals surface area (Å²) in [5.74, 6) is -2.14. The second-order valence-corrected chi connectivity index (χ2v) is 8.82. The smallest absolute Gasteiger partial charge is 0.417 e. The zero-order chi connectivity index (χ0) is 26.3. The number of ether oxygens (including phenoxy) is 1. The van der Waals surface area contributed by atoms with Crippen molar-refractivity contribution < 1.29 is 32.6 Å². The molecule has 1 saturated heterocycles. The molecule has 0 saturated carbocycles. The Labute approximate surface area is 213 Å². The number of carbonyl (C=O) groups excluding carboxylic acids is 1. The van der Waals surface area contributed by atoms with Crippen LogP contribution in [0.15, 0.2) is 60.7 Å². The molecule has 1 aromatic heterocycles. The van der Waals surface area contributed by atoms with Gasteiger partial charge in [-0.05, 0) is 42.5 Å². The normalized spacial score (nSPS) is 14.2. The molecule has 0 unspecified atom stereocenters. The lowest BCUT2D eigenvalue weighted by molar-refractivity contribution is -0.137. The summed E-state index contributed by atoms with van der Waals surface area (Å²) in [5, 5.41) is 13.8. The highest BCUT2D eigenvalue weighted by Gasteiger charge is 2.37. The SMILES string of the molecule is O=C(O)c1ccc(-c2nn(C(=O)c3c(Cl)cccc3C(F)(F)F)c3cc(N4CCOCC4)ccc23)cc1. The Bertz CT molecular complexity index is 1510. The van der Waals surface area contributed by atoms with E-state index in [-0.39, 0.29) is 10.6 Å². The molecule has 0 spiro atoms. The second-order valence-electron chi connectivity index (χ2n) is 8.41. The monoisotopic (exact) mass is 529 g/mol. The van der Waals surface area contributed by atoms with E-state index < -0.39 is 29.2 Å².